The zero-order valence-electron chi connectivity index (χ0n) is 9.42. The molecule has 92 valence electrons. The van der Waals surface area contributed by atoms with Gasteiger partial charge >= 0.3 is 6.03 Å². The van der Waals surface area contributed by atoms with Gasteiger partial charge in [-0.15, -0.1) is 11.1 Å². The molecule has 0 radical (unpaired) electrons. The largest absolute Gasteiger partial charge is 0.355 e. The Labute approximate surface area is 107 Å². The number of hydrogen-bond acceptors (Lipinski definition) is 3. The van der Waals surface area contributed by atoms with Crippen LogP contribution in [0.2, 0.25) is 0 Å². The van der Waals surface area contributed by atoms with E-state index < -0.39 is 5.82 Å². The Kier molecular flexibility index (Phi) is 3.32. The number of alkyl halides is 1. The number of carbonyl (C=O) groups excluding carboxylic acids is 1. The maximum absolute atomic E-state index is 13.9. The van der Waals surface area contributed by atoms with Gasteiger partial charge in [-0.25, -0.2) is 19.2 Å². The molecule has 1 aromatic carbocycles. The van der Waals surface area contributed by atoms with Gasteiger partial charge in [-0.2, -0.15) is 0 Å². The zero-order valence-corrected chi connectivity index (χ0v) is 11.0. The Bertz CT molecular complexity index is 468. The van der Waals surface area contributed by atoms with Crippen LogP contribution < -0.4 is 16.1 Å². The van der Waals surface area contributed by atoms with Crippen molar-refractivity contribution in [2.24, 2.45) is 0 Å². The number of amides is 2. The van der Waals surface area contributed by atoms with Gasteiger partial charge in [0, 0.05) is 12.4 Å². The van der Waals surface area contributed by atoms with Crippen molar-refractivity contribution in [3.63, 3.8) is 0 Å². The summed E-state index contributed by atoms with van der Waals surface area (Å²) in [5, 5.41) is 2.86. The number of hydrazine groups is 3. The molecular weight excluding hydrogens is 291 g/mol. The van der Waals surface area contributed by atoms with Crippen molar-refractivity contribution in [1.82, 2.24) is 16.1 Å². The second-order valence-corrected chi connectivity index (χ2v) is 4.29. The molecule has 5 nitrogen and oxygen atoms in total. The maximum atomic E-state index is 13.9. The molecule has 2 rings (SSSR count). The molecule has 2 amide bonds. The summed E-state index contributed by atoms with van der Waals surface area (Å²) in [5.74, 6) is -0.442. The van der Waals surface area contributed by atoms with Crippen LogP contribution in [0.5, 0.6) is 0 Å². The van der Waals surface area contributed by atoms with Crippen LogP contribution in [0, 0.1) is 12.7 Å². The summed E-state index contributed by atoms with van der Waals surface area (Å²) in [6.45, 7) is 1.87. The first-order valence-electron chi connectivity index (χ1n) is 4.99. The van der Waals surface area contributed by atoms with E-state index in [-0.39, 0.29) is 11.7 Å². The molecule has 7 heteroatoms. The molecule has 0 aromatic heterocycles. The van der Waals surface area contributed by atoms with E-state index in [9.17, 15) is 9.18 Å². The molecule has 1 heterocycles. The molecule has 0 aliphatic carbocycles. The van der Waals surface area contributed by atoms with Crippen LogP contribution in [-0.2, 0) is 5.33 Å². The third-order valence-corrected chi connectivity index (χ3v) is 3.19. The quantitative estimate of drug-likeness (QED) is 0.820. The van der Waals surface area contributed by atoms with Crippen molar-refractivity contribution < 1.29 is 9.18 Å². The van der Waals surface area contributed by atoms with Crippen LogP contribution in [-0.4, -0.2) is 18.1 Å². The summed E-state index contributed by atoms with van der Waals surface area (Å²) in [7, 11) is 1.55. The van der Waals surface area contributed by atoms with E-state index in [2.05, 4.69) is 27.0 Å². The highest BCUT2D eigenvalue weighted by Crippen LogP contribution is 2.29. The molecule has 17 heavy (non-hydrogen) atoms. The highest BCUT2D eigenvalue weighted by Gasteiger charge is 2.30. The summed E-state index contributed by atoms with van der Waals surface area (Å²) in [4.78, 5) is 11.8. The number of benzene rings is 1. The third-order valence-electron chi connectivity index (χ3n) is 2.63. The Morgan fingerprint density at radius 2 is 2.12 bits per heavy atom. The van der Waals surface area contributed by atoms with Crippen molar-refractivity contribution in [2.45, 2.75) is 12.3 Å². The van der Waals surface area contributed by atoms with Crippen molar-refractivity contribution in [2.75, 3.05) is 12.1 Å². The number of aryl methyl sites for hydroxylation is 1. The Morgan fingerprint density at radius 3 is 2.65 bits per heavy atom. The van der Waals surface area contributed by atoms with Crippen LogP contribution >= 0.6 is 15.9 Å². The SMILES string of the molecule is Cc1ccc(F)c(N2NNN(C)C2=O)c1CBr. The topological polar surface area (TPSA) is 47.6 Å². The van der Waals surface area contributed by atoms with Crippen LogP contribution in [0.4, 0.5) is 14.9 Å². The minimum Gasteiger partial charge on any atom is -0.246 e. The maximum Gasteiger partial charge on any atom is 0.355 e. The summed E-state index contributed by atoms with van der Waals surface area (Å²) < 4.78 is 13.9. The van der Waals surface area contributed by atoms with Gasteiger partial charge in [0.2, 0.25) is 0 Å². The van der Waals surface area contributed by atoms with Crippen LogP contribution in [0.15, 0.2) is 12.1 Å². The van der Waals surface area contributed by atoms with E-state index in [1.807, 2.05) is 6.92 Å². The third kappa shape index (κ3) is 2.01. The van der Waals surface area contributed by atoms with E-state index in [1.54, 1.807) is 13.1 Å². The van der Waals surface area contributed by atoms with Gasteiger partial charge in [0.15, 0.2) is 0 Å². The molecule has 1 fully saturated rings. The standard InChI is InChI=1S/C10H12BrFN4O/c1-6-3-4-8(12)9(7(6)5-11)16-10(17)15(2)13-14-16/h3-4,13-14H,5H2,1-2H3. The Balaban J connectivity index is 2.51. The van der Waals surface area contributed by atoms with Crippen LogP contribution in [0.1, 0.15) is 11.1 Å². The van der Waals surface area contributed by atoms with Gasteiger partial charge in [0.05, 0.1) is 0 Å². The molecule has 0 bridgehead atoms. The fourth-order valence-electron chi connectivity index (χ4n) is 1.64. The summed E-state index contributed by atoms with van der Waals surface area (Å²) in [6, 6.07) is 2.67. The number of rotatable bonds is 2. The van der Waals surface area contributed by atoms with Gasteiger partial charge in [0.1, 0.15) is 11.5 Å². The lowest BCUT2D eigenvalue weighted by molar-refractivity contribution is 0.214. The molecule has 2 N–H and O–H groups in total. The molecule has 1 aliphatic heterocycles. The fraction of sp³-hybridized carbons (Fsp3) is 0.300. The van der Waals surface area contributed by atoms with Gasteiger partial charge in [-0.05, 0) is 24.1 Å². The van der Waals surface area contributed by atoms with Gasteiger partial charge in [-0.1, -0.05) is 22.0 Å². The minimum atomic E-state index is -0.442. The number of anilines is 1. The Morgan fingerprint density at radius 1 is 1.41 bits per heavy atom. The van der Waals surface area contributed by atoms with Crippen molar-refractivity contribution >= 4 is 27.6 Å². The molecule has 1 saturated heterocycles. The molecule has 1 aliphatic rings. The lowest BCUT2D eigenvalue weighted by Gasteiger charge is -2.19. The first kappa shape index (κ1) is 12.3. The summed E-state index contributed by atoms with van der Waals surface area (Å²) in [5.41, 5.74) is 7.10. The predicted molar refractivity (Wildman–Crippen MR) is 65.7 cm³/mol. The van der Waals surface area contributed by atoms with E-state index in [0.717, 1.165) is 16.1 Å². The first-order valence-corrected chi connectivity index (χ1v) is 6.11. The van der Waals surface area contributed by atoms with Crippen molar-refractivity contribution in [3.05, 3.63) is 29.1 Å². The summed E-state index contributed by atoms with van der Waals surface area (Å²) >= 11 is 3.31. The normalized spacial score (nSPS) is 15.9. The number of nitrogens with zero attached hydrogens (tertiary/aromatic N) is 2. The number of urea groups is 1. The van der Waals surface area contributed by atoms with Gasteiger partial charge in [-0.3, -0.25) is 0 Å². The average molecular weight is 303 g/mol. The first-order chi connectivity index (χ1) is 8.06. The molecule has 0 unspecified atom stereocenters. The number of nitrogens with one attached hydrogen (secondary N) is 2. The Hall–Kier alpha value is -1.18. The lowest BCUT2D eigenvalue weighted by Crippen LogP contribution is -2.39. The minimum absolute atomic E-state index is 0.240. The van der Waals surface area contributed by atoms with E-state index in [0.29, 0.717) is 5.33 Å². The molecule has 0 spiro atoms. The summed E-state index contributed by atoms with van der Waals surface area (Å²) in [6.07, 6.45) is 0. The van der Waals surface area contributed by atoms with Gasteiger partial charge < -0.3 is 0 Å². The molecular formula is C10H12BrFN4O. The molecule has 0 atom stereocenters. The molecule has 0 saturated carbocycles. The lowest BCUT2D eigenvalue weighted by atomic mass is 10.1. The highest BCUT2D eigenvalue weighted by atomic mass is 79.9. The molecule has 1 aromatic rings. The van der Waals surface area contributed by atoms with Crippen LogP contribution in [0.25, 0.3) is 0 Å². The van der Waals surface area contributed by atoms with Gasteiger partial charge in [0.25, 0.3) is 0 Å². The van der Waals surface area contributed by atoms with E-state index >= 15 is 0 Å². The number of carbonyl (C=O) groups is 1. The number of halogens is 2. The average Bonchev–Trinajstić information content (AvgIpc) is 2.63. The highest BCUT2D eigenvalue weighted by molar-refractivity contribution is 9.08. The zero-order chi connectivity index (χ0) is 12.6. The van der Waals surface area contributed by atoms with Crippen molar-refractivity contribution in [3.8, 4) is 0 Å². The fourth-order valence-corrected chi connectivity index (χ4v) is 2.35. The number of hydrogen-bond donors (Lipinski definition) is 2. The van der Waals surface area contributed by atoms with E-state index in [4.69, 9.17) is 0 Å². The second-order valence-electron chi connectivity index (χ2n) is 3.73. The monoisotopic (exact) mass is 302 g/mol. The second kappa shape index (κ2) is 4.59. The van der Waals surface area contributed by atoms with Crippen molar-refractivity contribution in [1.29, 1.82) is 0 Å². The smallest absolute Gasteiger partial charge is 0.246 e. The van der Waals surface area contributed by atoms with Crippen LogP contribution in [0.3, 0.4) is 0 Å². The van der Waals surface area contributed by atoms with E-state index in [1.165, 1.54) is 11.1 Å². The predicted octanol–water partition coefficient (Wildman–Crippen LogP) is 1.83.